The number of benzene rings is 2. The summed E-state index contributed by atoms with van der Waals surface area (Å²) in [6.07, 6.45) is 3.22. The summed E-state index contributed by atoms with van der Waals surface area (Å²) in [4.78, 5) is 17.1. The zero-order chi connectivity index (χ0) is 21.3. The highest BCUT2D eigenvalue weighted by Crippen LogP contribution is 2.26. The first-order valence-corrected chi connectivity index (χ1v) is 11.3. The lowest BCUT2D eigenvalue weighted by molar-refractivity contribution is -0.119. The van der Waals surface area contributed by atoms with E-state index in [-0.39, 0.29) is 23.9 Å². The van der Waals surface area contributed by atoms with Crippen LogP contribution in [0, 0.1) is 11.7 Å². The lowest BCUT2D eigenvalue weighted by Crippen LogP contribution is -2.31. The monoisotopic (exact) mass is 430 g/mol. The minimum Gasteiger partial charge on any atom is -0.331 e. The van der Waals surface area contributed by atoms with E-state index >= 15 is 0 Å². The summed E-state index contributed by atoms with van der Waals surface area (Å²) >= 11 is 0. The maximum absolute atomic E-state index is 13.1. The Bertz CT molecular complexity index is 1170. The number of rotatable bonds is 6. The van der Waals surface area contributed by atoms with Crippen molar-refractivity contribution in [3.8, 4) is 0 Å². The molecule has 4 rings (SSSR count). The molecule has 1 atom stereocenters. The van der Waals surface area contributed by atoms with Crippen LogP contribution in [0.25, 0.3) is 11.0 Å². The smallest absolute Gasteiger partial charge is 0.243 e. The Morgan fingerprint density at radius 3 is 2.73 bits per heavy atom. The van der Waals surface area contributed by atoms with Gasteiger partial charge in [-0.2, -0.15) is 4.31 Å². The van der Waals surface area contributed by atoms with Crippen molar-refractivity contribution in [1.82, 2.24) is 13.9 Å². The molecule has 1 saturated heterocycles. The van der Waals surface area contributed by atoms with Gasteiger partial charge in [0.25, 0.3) is 0 Å². The van der Waals surface area contributed by atoms with Gasteiger partial charge in [0.2, 0.25) is 15.9 Å². The van der Waals surface area contributed by atoms with Crippen molar-refractivity contribution in [3.63, 3.8) is 0 Å². The number of anilines is 1. The van der Waals surface area contributed by atoms with Crippen LogP contribution in [0.15, 0.2) is 53.7 Å². The molecule has 0 bridgehead atoms. The predicted molar refractivity (Wildman–Crippen MR) is 112 cm³/mol. The minimum absolute atomic E-state index is 0.0260. The van der Waals surface area contributed by atoms with Gasteiger partial charge in [0.15, 0.2) is 0 Å². The van der Waals surface area contributed by atoms with E-state index in [0.29, 0.717) is 12.1 Å². The molecule has 0 aliphatic carbocycles. The molecule has 7 nitrogen and oxygen atoms in total. The molecule has 1 amide bonds. The predicted octanol–water partition coefficient (Wildman–Crippen LogP) is 3.23. The topological polar surface area (TPSA) is 84.3 Å². The zero-order valence-corrected chi connectivity index (χ0v) is 17.4. The van der Waals surface area contributed by atoms with Crippen molar-refractivity contribution in [2.45, 2.75) is 31.2 Å². The number of carbonyl (C=O) groups excluding carboxylic acids is 1. The first-order chi connectivity index (χ1) is 14.4. The second kappa shape index (κ2) is 8.16. The van der Waals surface area contributed by atoms with Crippen LogP contribution >= 0.6 is 0 Å². The summed E-state index contributed by atoms with van der Waals surface area (Å²) in [7, 11) is -3.75. The van der Waals surface area contributed by atoms with Crippen LogP contribution in [0.2, 0.25) is 0 Å². The maximum Gasteiger partial charge on any atom is 0.243 e. The Morgan fingerprint density at radius 1 is 1.23 bits per heavy atom. The Hall–Kier alpha value is -2.78. The van der Waals surface area contributed by atoms with E-state index in [4.69, 9.17) is 0 Å². The van der Waals surface area contributed by atoms with Crippen LogP contribution < -0.4 is 5.32 Å². The van der Waals surface area contributed by atoms with Crippen molar-refractivity contribution < 1.29 is 17.6 Å². The fraction of sp³-hybridized carbons (Fsp3) is 0.333. The average Bonchev–Trinajstić information content (AvgIpc) is 3.37. The van der Waals surface area contributed by atoms with Gasteiger partial charge in [0.1, 0.15) is 5.82 Å². The fourth-order valence-electron chi connectivity index (χ4n) is 3.72. The molecule has 9 heteroatoms. The van der Waals surface area contributed by atoms with Gasteiger partial charge < -0.3 is 9.88 Å². The van der Waals surface area contributed by atoms with E-state index in [1.54, 1.807) is 6.33 Å². The van der Waals surface area contributed by atoms with Crippen LogP contribution in [-0.2, 0) is 21.4 Å². The van der Waals surface area contributed by atoms with E-state index in [0.717, 1.165) is 36.1 Å². The Kier molecular flexibility index (Phi) is 5.57. The van der Waals surface area contributed by atoms with E-state index in [1.807, 2.05) is 18.2 Å². The standard InChI is InChI=1S/C21H23FN4O3S/c1-2-10-25-14-23-19-12-17(5-8-20(19)25)24-21(27)15-9-11-26(13-15)30(28,29)18-6-3-16(22)4-7-18/h3-8,12,14-15H,2,9-11,13H2,1H3,(H,24,27)/t15-/m0/s1. The normalized spacial score (nSPS) is 17.5. The molecule has 158 valence electrons. The zero-order valence-electron chi connectivity index (χ0n) is 16.6. The molecule has 3 aromatic rings. The second-order valence-corrected chi connectivity index (χ2v) is 9.37. The number of halogens is 1. The van der Waals surface area contributed by atoms with Crippen LogP contribution in [0.1, 0.15) is 19.8 Å². The molecule has 30 heavy (non-hydrogen) atoms. The molecule has 1 N–H and O–H groups in total. The average molecular weight is 431 g/mol. The summed E-state index contributed by atoms with van der Waals surface area (Å²) in [6.45, 7) is 3.32. The Morgan fingerprint density at radius 2 is 2.00 bits per heavy atom. The molecule has 2 heterocycles. The van der Waals surface area contributed by atoms with Crippen molar-refractivity contribution >= 4 is 32.7 Å². The lowest BCUT2D eigenvalue weighted by atomic mass is 10.1. The van der Waals surface area contributed by atoms with Gasteiger partial charge in [0.05, 0.1) is 28.2 Å². The highest BCUT2D eigenvalue weighted by Gasteiger charge is 2.35. The number of imidazole rings is 1. The van der Waals surface area contributed by atoms with E-state index in [2.05, 4.69) is 21.8 Å². The molecule has 0 spiro atoms. The number of aromatic nitrogens is 2. The van der Waals surface area contributed by atoms with Gasteiger partial charge >= 0.3 is 0 Å². The third-order valence-corrected chi connectivity index (χ3v) is 7.21. The number of carbonyl (C=O) groups is 1. The molecule has 1 fully saturated rings. The SMILES string of the molecule is CCCn1cnc2cc(NC(=O)[C@H]3CCN(S(=O)(=O)c4ccc(F)cc4)C3)ccc21. The van der Waals surface area contributed by atoms with Crippen molar-refractivity contribution in [1.29, 1.82) is 0 Å². The highest BCUT2D eigenvalue weighted by molar-refractivity contribution is 7.89. The number of hydrogen-bond donors (Lipinski definition) is 1. The summed E-state index contributed by atoms with van der Waals surface area (Å²) in [5.41, 5.74) is 2.44. The molecule has 0 unspecified atom stereocenters. The number of nitrogens with zero attached hydrogens (tertiary/aromatic N) is 3. The molecule has 0 saturated carbocycles. The maximum atomic E-state index is 13.1. The lowest BCUT2D eigenvalue weighted by Gasteiger charge is -2.16. The number of sulfonamides is 1. The third kappa shape index (κ3) is 3.95. The Labute approximate surface area is 174 Å². The quantitative estimate of drug-likeness (QED) is 0.651. The highest BCUT2D eigenvalue weighted by atomic mass is 32.2. The molecule has 1 aliphatic heterocycles. The van der Waals surface area contributed by atoms with E-state index < -0.39 is 21.8 Å². The number of hydrogen-bond acceptors (Lipinski definition) is 4. The van der Waals surface area contributed by atoms with Crippen LogP contribution in [0.3, 0.4) is 0 Å². The third-order valence-electron chi connectivity index (χ3n) is 5.33. The van der Waals surface area contributed by atoms with Crippen molar-refractivity contribution in [3.05, 3.63) is 54.6 Å². The molecular weight excluding hydrogens is 407 g/mol. The minimum atomic E-state index is -3.75. The molecule has 2 aromatic carbocycles. The number of amides is 1. The summed E-state index contributed by atoms with van der Waals surface area (Å²) in [5.74, 6) is -1.17. The van der Waals surface area contributed by atoms with Crippen molar-refractivity contribution in [2.75, 3.05) is 18.4 Å². The molecule has 1 aliphatic rings. The van der Waals surface area contributed by atoms with Gasteiger partial charge in [0, 0.05) is 25.3 Å². The van der Waals surface area contributed by atoms with Crippen LogP contribution in [0.5, 0.6) is 0 Å². The number of fused-ring (bicyclic) bond motifs is 1. The van der Waals surface area contributed by atoms with E-state index in [1.165, 1.54) is 16.4 Å². The molecule has 0 radical (unpaired) electrons. The van der Waals surface area contributed by atoms with Gasteiger partial charge in [-0.25, -0.2) is 17.8 Å². The fourth-order valence-corrected chi connectivity index (χ4v) is 5.22. The summed E-state index contributed by atoms with van der Waals surface area (Å²) in [5, 5.41) is 2.88. The van der Waals surface area contributed by atoms with Crippen molar-refractivity contribution in [2.24, 2.45) is 5.92 Å². The summed E-state index contributed by atoms with van der Waals surface area (Å²) in [6, 6.07) is 10.3. The van der Waals surface area contributed by atoms with Crippen LogP contribution in [0.4, 0.5) is 10.1 Å². The molecule has 1 aromatic heterocycles. The van der Waals surface area contributed by atoms with E-state index in [9.17, 15) is 17.6 Å². The first-order valence-electron chi connectivity index (χ1n) is 9.90. The van der Waals surface area contributed by atoms with Gasteiger partial charge in [-0.3, -0.25) is 4.79 Å². The number of nitrogens with one attached hydrogen (secondary N) is 1. The van der Waals surface area contributed by atoms with Crippen LogP contribution in [-0.4, -0.2) is 41.3 Å². The van der Waals surface area contributed by atoms with Gasteiger partial charge in [-0.1, -0.05) is 6.92 Å². The van der Waals surface area contributed by atoms with Gasteiger partial charge in [-0.05, 0) is 55.3 Å². The summed E-state index contributed by atoms with van der Waals surface area (Å²) < 4.78 is 41.9. The number of aryl methyl sites for hydroxylation is 1. The molecular formula is C21H23FN4O3S. The Balaban J connectivity index is 1.43. The first kappa shape index (κ1) is 20.5. The van der Waals surface area contributed by atoms with Gasteiger partial charge in [-0.15, -0.1) is 0 Å². The second-order valence-electron chi connectivity index (χ2n) is 7.43. The largest absolute Gasteiger partial charge is 0.331 e.